The number of hydrogen-bond acceptors (Lipinski definition) is 2. The Morgan fingerprint density at radius 3 is 2.50 bits per heavy atom. The third-order valence-electron chi connectivity index (χ3n) is 2.77. The van der Waals surface area contributed by atoms with Crippen molar-refractivity contribution in [1.29, 1.82) is 0 Å². The lowest BCUT2D eigenvalue weighted by Crippen LogP contribution is -2.41. The number of amides is 1. The summed E-state index contributed by atoms with van der Waals surface area (Å²) in [6.45, 7) is 5.79. The molecule has 1 fully saturated rings. The lowest BCUT2D eigenvalue weighted by Gasteiger charge is -2.20. The summed E-state index contributed by atoms with van der Waals surface area (Å²) in [6, 6.07) is 7.69. The highest BCUT2D eigenvalue weighted by molar-refractivity contribution is 6.30. The minimum absolute atomic E-state index is 0.00599. The summed E-state index contributed by atoms with van der Waals surface area (Å²) >= 11 is 5.83. The molecule has 1 aliphatic carbocycles. The van der Waals surface area contributed by atoms with E-state index in [2.05, 4.69) is 5.32 Å². The first-order valence-corrected chi connectivity index (χ1v) is 6.47. The van der Waals surface area contributed by atoms with Crippen molar-refractivity contribution in [3.8, 4) is 0 Å². The van der Waals surface area contributed by atoms with Crippen LogP contribution in [-0.2, 0) is 4.74 Å². The molecule has 1 aromatic rings. The number of alkyl carbamates (subject to hydrolysis) is 1. The molecule has 2 unspecified atom stereocenters. The molecule has 2 rings (SSSR count). The molecule has 0 bridgehead atoms. The Hall–Kier alpha value is -1.22. The second kappa shape index (κ2) is 4.81. The van der Waals surface area contributed by atoms with Crippen molar-refractivity contribution in [2.75, 3.05) is 0 Å². The van der Waals surface area contributed by atoms with Crippen molar-refractivity contribution >= 4 is 17.7 Å². The van der Waals surface area contributed by atoms with Crippen LogP contribution in [0.4, 0.5) is 4.79 Å². The van der Waals surface area contributed by atoms with Gasteiger partial charge in [-0.2, -0.15) is 0 Å². The number of halogens is 1. The van der Waals surface area contributed by atoms with E-state index < -0.39 is 0 Å². The summed E-state index contributed by atoms with van der Waals surface area (Å²) in [5.74, 6) is 0.313. The normalized spacial score (nSPS) is 22.4. The molecule has 2 atom stereocenters. The molecule has 98 valence electrons. The van der Waals surface area contributed by atoms with E-state index in [4.69, 9.17) is 16.3 Å². The summed E-state index contributed by atoms with van der Waals surface area (Å²) in [4.78, 5) is 11.6. The topological polar surface area (TPSA) is 38.3 Å². The second-order valence-corrected chi connectivity index (χ2v) is 6.15. The smallest absolute Gasteiger partial charge is 0.407 e. The maximum atomic E-state index is 11.6. The van der Waals surface area contributed by atoms with Crippen molar-refractivity contribution in [3.05, 3.63) is 34.9 Å². The molecule has 18 heavy (non-hydrogen) atoms. The summed E-state index contributed by atoms with van der Waals surface area (Å²) < 4.78 is 5.35. The van der Waals surface area contributed by atoms with Crippen molar-refractivity contribution < 1.29 is 9.53 Å². The van der Waals surface area contributed by atoms with Crippen LogP contribution in [-0.4, -0.2) is 17.7 Å². The van der Waals surface area contributed by atoms with E-state index in [0.717, 1.165) is 11.4 Å². The molecule has 0 heterocycles. The molecule has 1 amide bonds. The Bertz CT molecular complexity index is 436. The molecule has 0 aromatic heterocycles. The number of ether oxygens (including phenoxy) is 1. The fraction of sp³-hybridized carbons (Fsp3) is 0.500. The Morgan fingerprint density at radius 1 is 1.33 bits per heavy atom. The molecular weight excluding hydrogens is 250 g/mol. The summed E-state index contributed by atoms with van der Waals surface area (Å²) in [5.41, 5.74) is 0.912. The van der Waals surface area contributed by atoms with Gasteiger partial charge in [0.1, 0.15) is 6.10 Å². The van der Waals surface area contributed by atoms with E-state index in [1.54, 1.807) is 0 Å². The van der Waals surface area contributed by atoms with Crippen LogP contribution >= 0.6 is 11.6 Å². The molecule has 0 spiro atoms. The van der Waals surface area contributed by atoms with Gasteiger partial charge in [-0.05, 0) is 44.9 Å². The van der Waals surface area contributed by atoms with Crippen LogP contribution in [0.25, 0.3) is 0 Å². The lowest BCUT2D eigenvalue weighted by atomic mass is 10.1. The Balaban J connectivity index is 1.85. The lowest BCUT2D eigenvalue weighted by molar-refractivity contribution is 0.128. The predicted molar refractivity (Wildman–Crippen MR) is 72.0 cm³/mol. The van der Waals surface area contributed by atoms with Crippen LogP contribution < -0.4 is 5.32 Å². The molecule has 0 radical (unpaired) electrons. The first-order valence-electron chi connectivity index (χ1n) is 6.09. The van der Waals surface area contributed by atoms with Gasteiger partial charge in [-0.15, -0.1) is 0 Å². The Morgan fingerprint density at radius 2 is 1.94 bits per heavy atom. The number of benzene rings is 1. The molecule has 0 saturated heterocycles. The maximum Gasteiger partial charge on any atom is 0.407 e. The molecule has 0 aliphatic heterocycles. The fourth-order valence-electron chi connectivity index (χ4n) is 1.84. The van der Waals surface area contributed by atoms with Crippen molar-refractivity contribution in [2.45, 2.75) is 44.8 Å². The van der Waals surface area contributed by atoms with E-state index in [9.17, 15) is 4.79 Å². The fourth-order valence-corrected chi connectivity index (χ4v) is 1.96. The molecular formula is C14H18ClNO2. The van der Waals surface area contributed by atoms with Crippen LogP contribution in [0.3, 0.4) is 0 Å². The van der Waals surface area contributed by atoms with E-state index >= 15 is 0 Å². The molecule has 1 aromatic carbocycles. The van der Waals surface area contributed by atoms with Crippen LogP contribution in [0.1, 0.15) is 38.7 Å². The van der Waals surface area contributed by atoms with Gasteiger partial charge in [0, 0.05) is 16.5 Å². The zero-order valence-electron chi connectivity index (χ0n) is 10.9. The van der Waals surface area contributed by atoms with Crippen molar-refractivity contribution in [2.24, 2.45) is 0 Å². The van der Waals surface area contributed by atoms with Crippen molar-refractivity contribution in [1.82, 2.24) is 5.32 Å². The minimum atomic E-state index is -0.344. The zero-order chi connectivity index (χ0) is 13.3. The SMILES string of the molecule is CC(C)(C)NC(=O)OC1CC1c1ccc(Cl)cc1. The van der Waals surface area contributed by atoms with Gasteiger partial charge in [0.05, 0.1) is 0 Å². The summed E-state index contributed by atoms with van der Waals surface area (Å²) in [5, 5.41) is 3.51. The van der Waals surface area contributed by atoms with Gasteiger partial charge in [-0.3, -0.25) is 0 Å². The van der Waals surface area contributed by atoms with Gasteiger partial charge in [0.25, 0.3) is 0 Å². The van der Waals surface area contributed by atoms with E-state index in [1.807, 2.05) is 45.0 Å². The van der Waals surface area contributed by atoms with Crippen molar-refractivity contribution in [3.63, 3.8) is 0 Å². The molecule has 1 saturated carbocycles. The van der Waals surface area contributed by atoms with Gasteiger partial charge in [0.15, 0.2) is 0 Å². The number of rotatable bonds is 2. The third-order valence-corrected chi connectivity index (χ3v) is 3.02. The van der Waals surface area contributed by atoms with Gasteiger partial charge in [-0.25, -0.2) is 4.79 Å². The number of nitrogens with one attached hydrogen (secondary N) is 1. The van der Waals surface area contributed by atoms with Gasteiger partial charge < -0.3 is 10.1 Å². The molecule has 4 heteroatoms. The zero-order valence-corrected chi connectivity index (χ0v) is 11.6. The molecule has 1 N–H and O–H groups in total. The number of carbonyl (C=O) groups excluding carboxylic acids is 1. The largest absolute Gasteiger partial charge is 0.446 e. The average molecular weight is 268 g/mol. The highest BCUT2D eigenvalue weighted by Crippen LogP contribution is 2.43. The van der Waals surface area contributed by atoms with Crippen LogP contribution in [0, 0.1) is 0 Å². The Labute approximate surface area is 112 Å². The number of carbonyl (C=O) groups is 1. The third kappa shape index (κ3) is 3.64. The maximum absolute atomic E-state index is 11.6. The van der Waals surface area contributed by atoms with E-state index in [0.29, 0.717) is 5.92 Å². The monoisotopic (exact) mass is 267 g/mol. The quantitative estimate of drug-likeness (QED) is 0.887. The standard InChI is InChI=1S/C14H18ClNO2/c1-14(2,3)16-13(17)18-12-8-11(12)9-4-6-10(15)7-5-9/h4-7,11-12H,8H2,1-3H3,(H,16,17). The second-order valence-electron chi connectivity index (χ2n) is 5.71. The van der Waals surface area contributed by atoms with Crippen LogP contribution in [0.2, 0.25) is 5.02 Å². The highest BCUT2D eigenvalue weighted by atomic mass is 35.5. The van der Waals surface area contributed by atoms with Gasteiger partial charge in [-0.1, -0.05) is 23.7 Å². The van der Waals surface area contributed by atoms with E-state index in [1.165, 1.54) is 5.56 Å². The average Bonchev–Trinajstić information content (AvgIpc) is 2.95. The Kier molecular flexibility index (Phi) is 3.53. The van der Waals surface area contributed by atoms with Gasteiger partial charge in [0.2, 0.25) is 0 Å². The predicted octanol–water partition coefficient (Wildman–Crippen LogP) is 3.72. The first kappa shape index (κ1) is 13.2. The number of hydrogen-bond donors (Lipinski definition) is 1. The first-order chi connectivity index (χ1) is 8.35. The minimum Gasteiger partial charge on any atom is -0.446 e. The van der Waals surface area contributed by atoms with Gasteiger partial charge >= 0.3 is 6.09 Å². The molecule has 3 nitrogen and oxygen atoms in total. The van der Waals surface area contributed by atoms with E-state index in [-0.39, 0.29) is 17.7 Å². The van der Waals surface area contributed by atoms with Crippen LogP contribution in [0.5, 0.6) is 0 Å². The summed E-state index contributed by atoms with van der Waals surface area (Å²) in [6.07, 6.45) is 0.539. The molecule has 1 aliphatic rings. The van der Waals surface area contributed by atoms with Crippen LogP contribution in [0.15, 0.2) is 24.3 Å². The summed E-state index contributed by atoms with van der Waals surface area (Å²) in [7, 11) is 0. The highest BCUT2D eigenvalue weighted by Gasteiger charge is 2.42.